The first kappa shape index (κ1) is 22.8. The van der Waals surface area contributed by atoms with Gasteiger partial charge in [-0.25, -0.2) is 0 Å². The van der Waals surface area contributed by atoms with Crippen LogP contribution in [0.15, 0.2) is 12.2 Å². The molecule has 3 aliphatic carbocycles. The van der Waals surface area contributed by atoms with Crippen molar-refractivity contribution in [2.24, 2.45) is 34.5 Å². The predicted octanol–water partition coefficient (Wildman–Crippen LogP) is 4.45. The SMILES string of the molecule is C=C1CCC2C(CNC(=O)CCCC)C(C3(C)CCC(O)CC3CO)CCC12C. The molecule has 0 aromatic carbocycles. The summed E-state index contributed by atoms with van der Waals surface area (Å²) in [7, 11) is 0. The fourth-order valence-electron chi connectivity index (χ4n) is 7.12. The summed E-state index contributed by atoms with van der Waals surface area (Å²) >= 11 is 0. The maximum absolute atomic E-state index is 12.4. The number of amides is 1. The molecular weight excluding hydrogens is 362 g/mol. The van der Waals surface area contributed by atoms with Gasteiger partial charge in [0.1, 0.15) is 0 Å². The molecule has 29 heavy (non-hydrogen) atoms. The van der Waals surface area contributed by atoms with E-state index in [0.717, 1.165) is 51.5 Å². The van der Waals surface area contributed by atoms with Crippen molar-refractivity contribution in [3.63, 3.8) is 0 Å². The van der Waals surface area contributed by atoms with Crippen molar-refractivity contribution in [2.45, 2.75) is 91.1 Å². The smallest absolute Gasteiger partial charge is 0.220 e. The molecule has 1 amide bonds. The van der Waals surface area contributed by atoms with Crippen molar-refractivity contribution in [1.29, 1.82) is 0 Å². The van der Waals surface area contributed by atoms with Crippen LogP contribution in [-0.2, 0) is 4.79 Å². The molecule has 0 aromatic rings. The van der Waals surface area contributed by atoms with Gasteiger partial charge in [0.25, 0.3) is 0 Å². The van der Waals surface area contributed by atoms with E-state index in [-0.39, 0.29) is 35.4 Å². The standard InChI is InChI=1S/C25H43NO3/c1-5-6-7-23(29)26-15-20-21-9-8-17(2)24(21,3)13-11-22(20)25(4)12-10-19(28)14-18(25)16-27/h18-22,27-28H,2,5-16H2,1,3-4H3,(H,26,29). The second-order valence-corrected chi connectivity index (χ2v) is 10.7. The van der Waals surface area contributed by atoms with E-state index in [0.29, 0.717) is 30.6 Å². The highest BCUT2D eigenvalue weighted by Gasteiger charge is 2.56. The highest BCUT2D eigenvalue weighted by atomic mass is 16.3. The molecule has 3 N–H and O–H groups in total. The number of hydrogen-bond donors (Lipinski definition) is 3. The highest BCUT2D eigenvalue weighted by molar-refractivity contribution is 5.75. The third-order valence-corrected chi connectivity index (χ3v) is 9.26. The molecule has 0 bridgehead atoms. The number of nitrogens with one attached hydrogen (secondary N) is 1. The number of carbonyl (C=O) groups is 1. The van der Waals surface area contributed by atoms with Gasteiger partial charge in [0, 0.05) is 19.6 Å². The fourth-order valence-corrected chi connectivity index (χ4v) is 7.12. The Morgan fingerprint density at radius 1 is 1.21 bits per heavy atom. The molecule has 7 atom stereocenters. The number of rotatable bonds is 7. The third kappa shape index (κ3) is 4.30. The molecule has 4 heteroatoms. The average molecular weight is 406 g/mol. The third-order valence-electron chi connectivity index (χ3n) is 9.26. The van der Waals surface area contributed by atoms with E-state index in [9.17, 15) is 15.0 Å². The number of unbranched alkanes of at least 4 members (excludes halogenated alkanes) is 1. The molecule has 3 rings (SSSR count). The van der Waals surface area contributed by atoms with Crippen LogP contribution in [0.1, 0.15) is 85.0 Å². The van der Waals surface area contributed by atoms with Crippen molar-refractivity contribution >= 4 is 5.91 Å². The van der Waals surface area contributed by atoms with Crippen LogP contribution >= 0.6 is 0 Å². The van der Waals surface area contributed by atoms with Gasteiger partial charge in [-0.2, -0.15) is 0 Å². The minimum Gasteiger partial charge on any atom is -0.396 e. The zero-order chi connectivity index (χ0) is 21.2. The summed E-state index contributed by atoms with van der Waals surface area (Å²) in [4.78, 5) is 12.4. The summed E-state index contributed by atoms with van der Waals surface area (Å²) in [6.07, 6.45) is 9.38. The maximum atomic E-state index is 12.4. The Bertz CT molecular complexity index is 605. The summed E-state index contributed by atoms with van der Waals surface area (Å²) in [6.45, 7) is 12.2. The topological polar surface area (TPSA) is 69.6 Å². The van der Waals surface area contributed by atoms with Crippen molar-refractivity contribution in [3.05, 3.63) is 12.2 Å². The monoisotopic (exact) mass is 405 g/mol. The van der Waals surface area contributed by atoms with Crippen LogP contribution in [0.25, 0.3) is 0 Å². The number of carbonyl (C=O) groups excluding carboxylic acids is 1. The summed E-state index contributed by atoms with van der Waals surface area (Å²) in [6, 6.07) is 0. The molecule has 3 saturated carbocycles. The lowest BCUT2D eigenvalue weighted by molar-refractivity contribution is -0.123. The van der Waals surface area contributed by atoms with E-state index in [2.05, 4.69) is 32.7 Å². The van der Waals surface area contributed by atoms with E-state index in [1.165, 1.54) is 12.0 Å². The lowest BCUT2D eigenvalue weighted by atomic mass is 9.49. The molecule has 4 nitrogen and oxygen atoms in total. The van der Waals surface area contributed by atoms with Gasteiger partial charge >= 0.3 is 0 Å². The Kier molecular flexibility index (Phi) is 7.15. The molecule has 0 spiro atoms. The number of aliphatic hydroxyl groups excluding tert-OH is 2. The normalized spacial score (nSPS) is 42.5. The molecular formula is C25H43NO3. The van der Waals surface area contributed by atoms with Gasteiger partial charge < -0.3 is 15.5 Å². The summed E-state index contributed by atoms with van der Waals surface area (Å²) < 4.78 is 0. The van der Waals surface area contributed by atoms with Crippen molar-refractivity contribution in [1.82, 2.24) is 5.32 Å². The molecule has 7 unspecified atom stereocenters. The number of allylic oxidation sites excluding steroid dienone is 1. The fraction of sp³-hybridized carbons (Fsp3) is 0.880. The number of fused-ring (bicyclic) bond motifs is 1. The summed E-state index contributed by atoms with van der Waals surface area (Å²) in [5, 5.41) is 23.7. The van der Waals surface area contributed by atoms with E-state index < -0.39 is 0 Å². The first-order valence-corrected chi connectivity index (χ1v) is 12.0. The van der Waals surface area contributed by atoms with Crippen LogP contribution in [0.3, 0.4) is 0 Å². The molecule has 0 radical (unpaired) electrons. The zero-order valence-electron chi connectivity index (χ0n) is 18.9. The van der Waals surface area contributed by atoms with E-state index in [1.807, 2.05) is 0 Å². The Labute approximate surface area is 177 Å². The van der Waals surface area contributed by atoms with Crippen LogP contribution in [0.2, 0.25) is 0 Å². The highest BCUT2D eigenvalue weighted by Crippen LogP contribution is 2.63. The van der Waals surface area contributed by atoms with Crippen LogP contribution in [0, 0.1) is 34.5 Å². The van der Waals surface area contributed by atoms with Crippen molar-refractivity contribution in [2.75, 3.05) is 13.2 Å². The Morgan fingerprint density at radius 3 is 2.66 bits per heavy atom. The van der Waals surface area contributed by atoms with Crippen LogP contribution in [-0.4, -0.2) is 35.4 Å². The maximum Gasteiger partial charge on any atom is 0.220 e. The molecule has 166 valence electrons. The molecule has 3 fully saturated rings. The predicted molar refractivity (Wildman–Crippen MR) is 117 cm³/mol. The average Bonchev–Trinajstić information content (AvgIpc) is 3.01. The number of aliphatic hydroxyl groups is 2. The molecule has 0 heterocycles. The minimum atomic E-state index is -0.285. The largest absolute Gasteiger partial charge is 0.396 e. The van der Waals surface area contributed by atoms with Gasteiger partial charge in [-0.1, -0.05) is 39.3 Å². The number of hydrogen-bond acceptors (Lipinski definition) is 3. The Morgan fingerprint density at radius 2 is 1.97 bits per heavy atom. The molecule has 0 saturated heterocycles. The van der Waals surface area contributed by atoms with Crippen molar-refractivity contribution < 1.29 is 15.0 Å². The van der Waals surface area contributed by atoms with Crippen molar-refractivity contribution in [3.8, 4) is 0 Å². The van der Waals surface area contributed by atoms with E-state index in [4.69, 9.17) is 0 Å². The van der Waals surface area contributed by atoms with Gasteiger partial charge in [-0.05, 0) is 85.9 Å². The molecule has 0 aliphatic heterocycles. The van der Waals surface area contributed by atoms with Gasteiger partial charge in [0.15, 0.2) is 0 Å². The van der Waals surface area contributed by atoms with Gasteiger partial charge in [-0.3, -0.25) is 4.79 Å². The first-order valence-electron chi connectivity index (χ1n) is 12.0. The Hall–Kier alpha value is -0.870. The van der Waals surface area contributed by atoms with Gasteiger partial charge in [-0.15, -0.1) is 0 Å². The lowest BCUT2D eigenvalue weighted by Gasteiger charge is -2.56. The van der Waals surface area contributed by atoms with Crippen LogP contribution in [0.5, 0.6) is 0 Å². The van der Waals surface area contributed by atoms with Gasteiger partial charge in [0.2, 0.25) is 5.91 Å². The summed E-state index contributed by atoms with van der Waals surface area (Å²) in [5.74, 6) is 1.78. The molecule has 0 aromatic heterocycles. The quantitative estimate of drug-likeness (QED) is 0.548. The second kappa shape index (κ2) is 9.09. The van der Waals surface area contributed by atoms with Crippen LogP contribution in [0.4, 0.5) is 0 Å². The molecule has 3 aliphatic rings. The first-order chi connectivity index (χ1) is 13.8. The zero-order valence-corrected chi connectivity index (χ0v) is 18.9. The van der Waals surface area contributed by atoms with Gasteiger partial charge in [0.05, 0.1) is 6.10 Å². The summed E-state index contributed by atoms with van der Waals surface area (Å²) in [5.41, 5.74) is 1.61. The second-order valence-electron chi connectivity index (χ2n) is 10.7. The lowest BCUT2D eigenvalue weighted by Crippen LogP contribution is -2.53. The van der Waals surface area contributed by atoms with E-state index >= 15 is 0 Å². The van der Waals surface area contributed by atoms with Crippen LogP contribution < -0.4 is 5.32 Å². The Balaban J connectivity index is 1.84. The minimum absolute atomic E-state index is 0.0258. The van der Waals surface area contributed by atoms with E-state index in [1.54, 1.807) is 0 Å².